The lowest BCUT2D eigenvalue weighted by Gasteiger charge is -2.03. The van der Waals surface area contributed by atoms with E-state index >= 15 is 0 Å². The summed E-state index contributed by atoms with van der Waals surface area (Å²) in [6.07, 6.45) is 0. The minimum Gasteiger partial charge on any atom is -0.324 e. The van der Waals surface area contributed by atoms with Gasteiger partial charge >= 0.3 is 15.2 Å². The van der Waals surface area contributed by atoms with E-state index in [-0.39, 0.29) is 0 Å². The first-order valence-corrected chi connectivity index (χ1v) is 7.51. The van der Waals surface area contributed by atoms with E-state index in [0.29, 0.717) is 0 Å². The highest BCUT2D eigenvalue weighted by molar-refractivity contribution is 7.69. The summed E-state index contributed by atoms with van der Waals surface area (Å²) in [6, 6.07) is 0. The molecule has 0 saturated heterocycles. The van der Waals surface area contributed by atoms with Gasteiger partial charge < -0.3 is 24.9 Å². The SMILES string of the molecule is CCNCC.O=P(O)(O)CP(=O)(O)O. The van der Waals surface area contributed by atoms with Crippen molar-refractivity contribution in [2.75, 3.05) is 19.0 Å². The van der Waals surface area contributed by atoms with E-state index in [1.807, 2.05) is 0 Å². The maximum absolute atomic E-state index is 9.85. The minimum absolute atomic E-state index is 1.09. The van der Waals surface area contributed by atoms with Gasteiger partial charge in [0.05, 0.1) is 0 Å². The summed E-state index contributed by atoms with van der Waals surface area (Å²) >= 11 is 0. The smallest absolute Gasteiger partial charge is 0.324 e. The Morgan fingerprint density at radius 3 is 1.21 bits per heavy atom. The van der Waals surface area contributed by atoms with Gasteiger partial charge in [0.15, 0.2) is 5.90 Å². The van der Waals surface area contributed by atoms with Crippen LogP contribution in [-0.2, 0) is 9.13 Å². The van der Waals surface area contributed by atoms with Crippen molar-refractivity contribution >= 4 is 15.2 Å². The summed E-state index contributed by atoms with van der Waals surface area (Å²) in [5, 5.41) is 3.11. The molecule has 0 bridgehead atoms. The second-order valence-electron chi connectivity index (χ2n) is 2.43. The van der Waals surface area contributed by atoms with Gasteiger partial charge in [-0.2, -0.15) is 0 Å². The maximum Gasteiger partial charge on any atom is 0.337 e. The molecule has 0 aromatic carbocycles. The third kappa shape index (κ3) is 22.8. The molecule has 0 saturated carbocycles. The van der Waals surface area contributed by atoms with Crippen molar-refractivity contribution in [3.63, 3.8) is 0 Å². The van der Waals surface area contributed by atoms with Crippen molar-refractivity contribution in [3.05, 3.63) is 0 Å². The van der Waals surface area contributed by atoms with Crippen LogP contribution >= 0.6 is 15.2 Å². The average molecular weight is 249 g/mol. The van der Waals surface area contributed by atoms with Crippen LogP contribution in [-0.4, -0.2) is 38.6 Å². The maximum atomic E-state index is 9.85. The first-order chi connectivity index (χ1) is 6.12. The zero-order valence-corrected chi connectivity index (χ0v) is 9.91. The highest BCUT2D eigenvalue weighted by Crippen LogP contribution is 2.51. The average Bonchev–Trinajstić information content (AvgIpc) is 1.81. The molecule has 0 fully saturated rings. The summed E-state index contributed by atoms with van der Waals surface area (Å²) < 4.78 is 19.7. The van der Waals surface area contributed by atoms with Crippen molar-refractivity contribution < 1.29 is 28.7 Å². The lowest BCUT2D eigenvalue weighted by Crippen LogP contribution is -2.09. The summed E-state index contributed by atoms with van der Waals surface area (Å²) in [7, 11) is -9.10. The molecule has 7 nitrogen and oxygen atoms in total. The number of rotatable bonds is 4. The molecular weight excluding hydrogens is 232 g/mol. The molecule has 0 rings (SSSR count). The Kier molecular flexibility index (Phi) is 8.98. The van der Waals surface area contributed by atoms with Gasteiger partial charge in [-0.05, 0) is 13.1 Å². The molecule has 9 heteroatoms. The van der Waals surface area contributed by atoms with Gasteiger partial charge in [0.1, 0.15) is 0 Å². The predicted molar refractivity (Wildman–Crippen MR) is 53.2 cm³/mol. The fourth-order valence-electron chi connectivity index (χ4n) is 0.490. The summed E-state index contributed by atoms with van der Waals surface area (Å²) in [5.41, 5.74) is 0. The van der Waals surface area contributed by atoms with Crippen molar-refractivity contribution in [1.29, 1.82) is 0 Å². The first kappa shape index (κ1) is 16.7. The Bertz CT molecular complexity index is 198. The minimum atomic E-state index is -4.55. The van der Waals surface area contributed by atoms with Gasteiger partial charge in [-0.25, -0.2) is 0 Å². The largest absolute Gasteiger partial charge is 0.337 e. The van der Waals surface area contributed by atoms with E-state index in [9.17, 15) is 9.13 Å². The lowest BCUT2D eigenvalue weighted by atomic mass is 10.7. The molecule has 0 aromatic rings. The van der Waals surface area contributed by atoms with Gasteiger partial charge in [-0.3, -0.25) is 9.13 Å². The van der Waals surface area contributed by atoms with Gasteiger partial charge in [-0.1, -0.05) is 13.8 Å². The molecule has 0 spiro atoms. The Balaban J connectivity index is 0. The number of hydrogen-bond acceptors (Lipinski definition) is 3. The Hall–Kier alpha value is 0.260. The van der Waals surface area contributed by atoms with E-state index in [2.05, 4.69) is 19.2 Å². The van der Waals surface area contributed by atoms with E-state index in [1.165, 1.54) is 0 Å². The second kappa shape index (κ2) is 7.54. The molecule has 14 heavy (non-hydrogen) atoms. The highest BCUT2D eigenvalue weighted by Gasteiger charge is 2.26. The van der Waals surface area contributed by atoms with Gasteiger partial charge in [0, 0.05) is 0 Å². The topological polar surface area (TPSA) is 127 Å². The first-order valence-electron chi connectivity index (χ1n) is 3.92. The molecule has 0 radical (unpaired) electrons. The van der Waals surface area contributed by atoms with Crippen LogP contribution in [0.3, 0.4) is 0 Å². The Labute approximate surface area is 82.9 Å². The standard InChI is InChI=1S/C4H11N.CH6O6P2/c1-3-5-4-2;2-8(3,4)1-9(5,6)7/h5H,3-4H2,1-2H3;1H2,(H2,2,3,4)(H2,5,6,7). The third-order valence-electron chi connectivity index (χ3n) is 0.868. The van der Waals surface area contributed by atoms with Crippen molar-refractivity contribution in [2.45, 2.75) is 13.8 Å². The number of nitrogens with one attached hydrogen (secondary N) is 1. The zero-order chi connectivity index (χ0) is 11.8. The van der Waals surface area contributed by atoms with Crippen LogP contribution in [0.5, 0.6) is 0 Å². The molecule has 0 unspecified atom stereocenters. The van der Waals surface area contributed by atoms with Crippen LogP contribution in [0.4, 0.5) is 0 Å². The monoisotopic (exact) mass is 249 g/mol. The van der Waals surface area contributed by atoms with Gasteiger partial charge in [0.25, 0.3) is 0 Å². The molecule has 0 heterocycles. The van der Waals surface area contributed by atoms with E-state index < -0.39 is 21.1 Å². The summed E-state index contributed by atoms with van der Waals surface area (Å²) in [5.74, 6) is -1.38. The van der Waals surface area contributed by atoms with Crippen LogP contribution < -0.4 is 5.32 Å². The number of hydrogen-bond donors (Lipinski definition) is 5. The van der Waals surface area contributed by atoms with Crippen LogP contribution in [0.2, 0.25) is 0 Å². The van der Waals surface area contributed by atoms with Crippen LogP contribution in [0, 0.1) is 0 Å². The molecule has 0 atom stereocenters. The van der Waals surface area contributed by atoms with Crippen molar-refractivity contribution in [1.82, 2.24) is 5.32 Å². The molecule has 88 valence electrons. The summed E-state index contributed by atoms with van der Waals surface area (Å²) in [6.45, 7) is 6.39. The molecule has 0 amide bonds. The fourth-order valence-corrected chi connectivity index (χ4v) is 2.41. The van der Waals surface area contributed by atoms with Gasteiger partial charge in [-0.15, -0.1) is 0 Å². The fraction of sp³-hybridized carbons (Fsp3) is 1.00. The highest BCUT2D eigenvalue weighted by atomic mass is 31.2. The van der Waals surface area contributed by atoms with E-state index in [1.54, 1.807) is 0 Å². The molecule has 0 aliphatic rings. The molecule has 5 N–H and O–H groups in total. The van der Waals surface area contributed by atoms with Crippen LogP contribution in [0.1, 0.15) is 13.8 Å². The van der Waals surface area contributed by atoms with Crippen molar-refractivity contribution in [2.24, 2.45) is 0 Å². The molecular formula is C5H17NO6P2. The quantitative estimate of drug-likeness (QED) is 0.441. The molecule has 0 aliphatic carbocycles. The Morgan fingerprint density at radius 2 is 1.21 bits per heavy atom. The molecule has 0 aromatic heterocycles. The Morgan fingerprint density at radius 1 is 0.929 bits per heavy atom. The summed E-state index contributed by atoms with van der Waals surface area (Å²) in [4.78, 5) is 31.9. The normalized spacial score (nSPS) is 11.9. The van der Waals surface area contributed by atoms with Gasteiger partial charge in [0.2, 0.25) is 0 Å². The van der Waals surface area contributed by atoms with Crippen molar-refractivity contribution in [3.8, 4) is 0 Å². The van der Waals surface area contributed by atoms with Crippen LogP contribution in [0.25, 0.3) is 0 Å². The second-order valence-corrected chi connectivity index (χ2v) is 6.22. The van der Waals surface area contributed by atoms with E-state index in [0.717, 1.165) is 13.1 Å². The van der Waals surface area contributed by atoms with Crippen LogP contribution in [0.15, 0.2) is 0 Å². The zero-order valence-electron chi connectivity index (χ0n) is 8.12. The molecule has 0 aliphatic heterocycles. The third-order valence-corrected chi connectivity index (χ3v) is 3.82. The van der Waals surface area contributed by atoms with E-state index in [4.69, 9.17) is 19.6 Å². The lowest BCUT2D eigenvalue weighted by molar-refractivity contribution is 0.357. The predicted octanol–water partition coefficient (Wildman–Crippen LogP) is -0.0849.